The number of nitrogens with one attached hydrogen (secondary N) is 4. The quantitative estimate of drug-likeness (QED) is 0.141. The molecule has 0 fully saturated rings. The van der Waals surface area contributed by atoms with Gasteiger partial charge in [0.25, 0.3) is 0 Å². The molecule has 14 heteroatoms. The second kappa shape index (κ2) is 12.9. The Morgan fingerprint density at radius 1 is 0.917 bits per heavy atom. The van der Waals surface area contributed by atoms with E-state index in [-0.39, 0.29) is 19.3 Å². The number of aromatic nitrogens is 1. The van der Waals surface area contributed by atoms with Gasteiger partial charge in [-0.1, -0.05) is 18.2 Å². The van der Waals surface area contributed by atoms with E-state index in [1.165, 1.54) is 0 Å². The third-order valence-corrected chi connectivity index (χ3v) is 5.24. The van der Waals surface area contributed by atoms with Crippen LogP contribution in [0.15, 0.2) is 30.5 Å². The molecule has 4 amide bonds. The Balaban J connectivity index is 2.18. The SMILES string of the molecule is NCC(=O)NC(CCC(N)=O)C(=O)NC(CC(=O)O)C(=O)NC(Cc1c[nH]c2ccccc12)C(=O)O. The fourth-order valence-electron chi connectivity index (χ4n) is 3.46. The number of H-pyrrole nitrogens is 1. The number of carbonyl (C=O) groups is 6. The monoisotopic (exact) mass is 504 g/mol. The van der Waals surface area contributed by atoms with Gasteiger partial charge in [-0.25, -0.2) is 4.79 Å². The molecule has 0 bridgehead atoms. The van der Waals surface area contributed by atoms with Crippen LogP contribution < -0.4 is 27.4 Å². The first-order valence-corrected chi connectivity index (χ1v) is 10.9. The van der Waals surface area contributed by atoms with E-state index in [4.69, 9.17) is 11.5 Å². The largest absolute Gasteiger partial charge is 0.481 e. The number of hydrogen-bond acceptors (Lipinski definition) is 7. The average Bonchev–Trinajstić information content (AvgIpc) is 3.22. The minimum Gasteiger partial charge on any atom is -0.481 e. The first-order valence-electron chi connectivity index (χ1n) is 10.9. The summed E-state index contributed by atoms with van der Waals surface area (Å²) in [6, 6.07) is 2.69. The molecule has 0 aliphatic heterocycles. The smallest absolute Gasteiger partial charge is 0.326 e. The molecule has 0 saturated carbocycles. The third kappa shape index (κ3) is 8.09. The molecule has 2 aromatic rings. The summed E-state index contributed by atoms with van der Waals surface area (Å²) in [6.45, 7) is -0.465. The van der Waals surface area contributed by atoms with Gasteiger partial charge >= 0.3 is 11.9 Å². The van der Waals surface area contributed by atoms with Crippen molar-refractivity contribution < 1.29 is 39.0 Å². The van der Waals surface area contributed by atoms with Crippen molar-refractivity contribution in [2.75, 3.05) is 6.54 Å². The predicted octanol–water partition coefficient (Wildman–Crippen LogP) is -2.05. The summed E-state index contributed by atoms with van der Waals surface area (Å²) in [5.41, 5.74) is 11.7. The zero-order valence-corrected chi connectivity index (χ0v) is 19.2. The van der Waals surface area contributed by atoms with E-state index in [0.29, 0.717) is 5.56 Å². The maximum Gasteiger partial charge on any atom is 0.326 e. The second-order valence-corrected chi connectivity index (χ2v) is 7.95. The van der Waals surface area contributed by atoms with Crippen molar-refractivity contribution in [1.82, 2.24) is 20.9 Å². The maximum absolute atomic E-state index is 12.8. The van der Waals surface area contributed by atoms with Crippen molar-refractivity contribution in [3.63, 3.8) is 0 Å². The molecule has 0 radical (unpaired) electrons. The Hall–Kier alpha value is -4.46. The van der Waals surface area contributed by atoms with Crippen molar-refractivity contribution in [2.24, 2.45) is 11.5 Å². The Morgan fingerprint density at radius 2 is 1.56 bits per heavy atom. The van der Waals surface area contributed by atoms with E-state index in [0.717, 1.165) is 10.9 Å². The van der Waals surface area contributed by atoms with Crippen LogP contribution in [0.1, 0.15) is 24.8 Å². The number of aliphatic carboxylic acids is 2. The lowest BCUT2D eigenvalue weighted by atomic mass is 10.0. The first-order chi connectivity index (χ1) is 17.0. The molecule has 1 aromatic carbocycles. The van der Waals surface area contributed by atoms with Crippen LogP contribution >= 0.6 is 0 Å². The predicted molar refractivity (Wildman–Crippen MR) is 125 cm³/mol. The Morgan fingerprint density at radius 3 is 2.17 bits per heavy atom. The van der Waals surface area contributed by atoms with Gasteiger partial charge in [0, 0.05) is 29.9 Å². The number of benzene rings is 1. The van der Waals surface area contributed by atoms with Crippen molar-refractivity contribution >= 4 is 46.5 Å². The number of amides is 4. The average molecular weight is 505 g/mol. The highest BCUT2D eigenvalue weighted by Gasteiger charge is 2.31. The van der Waals surface area contributed by atoms with Crippen LogP contribution in [0, 0.1) is 0 Å². The van der Waals surface area contributed by atoms with Gasteiger partial charge in [0.15, 0.2) is 0 Å². The summed E-state index contributed by atoms with van der Waals surface area (Å²) < 4.78 is 0. The minimum atomic E-state index is -1.68. The number of para-hydroxylation sites is 1. The number of carbonyl (C=O) groups excluding carboxylic acids is 4. The van der Waals surface area contributed by atoms with E-state index >= 15 is 0 Å². The van der Waals surface area contributed by atoms with Gasteiger partial charge in [-0.15, -0.1) is 0 Å². The van der Waals surface area contributed by atoms with Crippen molar-refractivity contribution in [3.8, 4) is 0 Å². The Labute approximate surface area is 204 Å². The van der Waals surface area contributed by atoms with Gasteiger partial charge in [-0.05, 0) is 18.1 Å². The fourth-order valence-corrected chi connectivity index (χ4v) is 3.46. The number of carboxylic acid groups (broad SMARTS) is 2. The van der Waals surface area contributed by atoms with E-state index in [2.05, 4.69) is 20.9 Å². The zero-order valence-electron chi connectivity index (χ0n) is 19.2. The second-order valence-electron chi connectivity index (χ2n) is 7.95. The topological polar surface area (TPSA) is 247 Å². The fraction of sp³-hybridized carbons (Fsp3) is 0.364. The van der Waals surface area contributed by atoms with Crippen LogP contribution in [0.25, 0.3) is 10.9 Å². The number of primary amides is 1. The van der Waals surface area contributed by atoms with Crippen LogP contribution in [0.3, 0.4) is 0 Å². The van der Waals surface area contributed by atoms with Crippen molar-refractivity contribution in [3.05, 3.63) is 36.0 Å². The summed E-state index contributed by atoms with van der Waals surface area (Å²) >= 11 is 0. The maximum atomic E-state index is 12.8. The lowest BCUT2D eigenvalue weighted by Gasteiger charge is -2.23. The van der Waals surface area contributed by atoms with Crippen LogP contribution in [-0.2, 0) is 35.2 Å². The van der Waals surface area contributed by atoms with Crippen LogP contribution in [0.5, 0.6) is 0 Å². The summed E-state index contributed by atoms with van der Waals surface area (Å²) in [4.78, 5) is 74.5. The molecule has 2 rings (SSSR count). The number of nitrogens with two attached hydrogens (primary N) is 2. The molecule has 3 unspecified atom stereocenters. The molecule has 0 saturated heterocycles. The number of aromatic amines is 1. The normalized spacial score (nSPS) is 13.2. The molecule has 1 heterocycles. The zero-order chi connectivity index (χ0) is 26.8. The number of hydrogen-bond donors (Lipinski definition) is 8. The molecule has 194 valence electrons. The minimum absolute atomic E-state index is 0.118. The Kier molecular flexibility index (Phi) is 9.92. The first kappa shape index (κ1) is 27.8. The molecule has 3 atom stereocenters. The summed E-state index contributed by atoms with van der Waals surface area (Å²) in [6.07, 6.45) is 0.0980. The van der Waals surface area contributed by atoms with Crippen LogP contribution in [0.4, 0.5) is 0 Å². The van der Waals surface area contributed by atoms with E-state index in [1.54, 1.807) is 30.5 Å². The van der Waals surface area contributed by atoms with Gasteiger partial charge < -0.3 is 42.6 Å². The van der Waals surface area contributed by atoms with Gasteiger partial charge in [0.2, 0.25) is 23.6 Å². The summed E-state index contributed by atoms with van der Waals surface area (Å²) in [5, 5.41) is 26.3. The molecular formula is C22H28N6O8. The molecule has 1 aromatic heterocycles. The summed E-state index contributed by atoms with van der Waals surface area (Å²) in [7, 11) is 0. The van der Waals surface area contributed by atoms with E-state index < -0.39 is 66.7 Å². The number of carboxylic acids is 2. The Bertz CT molecular complexity index is 1150. The molecule has 36 heavy (non-hydrogen) atoms. The van der Waals surface area contributed by atoms with Crippen molar-refractivity contribution in [1.29, 1.82) is 0 Å². The van der Waals surface area contributed by atoms with Crippen LogP contribution in [-0.4, -0.2) is 75.4 Å². The lowest BCUT2D eigenvalue weighted by Crippen LogP contribution is -2.57. The number of fused-ring (bicyclic) bond motifs is 1. The standard InChI is InChI=1S/C22H28N6O8/c23-9-18(30)26-14(5-6-17(24)29)20(33)27-15(8-19(31)32)21(34)28-16(22(35)36)7-11-10-25-13-4-2-1-3-12(11)13/h1-4,10,14-16,25H,5-9,23H2,(H2,24,29)(H,26,30)(H,27,33)(H,28,34)(H,31,32)(H,35,36). The summed E-state index contributed by atoms with van der Waals surface area (Å²) in [5.74, 6) is -6.33. The van der Waals surface area contributed by atoms with Gasteiger partial charge in [0.1, 0.15) is 18.1 Å². The molecule has 0 aliphatic carbocycles. The van der Waals surface area contributed by atoms with Crippen LogP contribution in [0.2, 0.25) is 0 Å². The van der Waals surface area contributed by atoms with E-state index in [9.17, 15) is 39.0 Å². The molecule has 14 nitrogen and oxygen atoms in total. The lowest BCUT2D eigenvalue weighted by molar-refractivity contribution is -0.143. The van der Waals surface area contributed by atoms with E-state index in [1.807, 2.05) is 0 Å². The highest BCUT2D eigenvalue weighted by atomic mass is 16.4. The third-order valence-electron chi connectivity index (χ3n) is 5.24. The number of rotatable bonds is 14. The highest BCUT2D eigenvalue weighted by molar-refractivity contribution is 5.95. The van der Waals surface area contributed by atoms with Gasteiger partial charge in [-0.2, -0.15) is 0 Å². The van der Waals surface area contributed by atoms with Crippen molar-refractivity contribution in [2.45, 2.75) is 43.8 Å². The van der Waals surface area contributed by atoms with Gasteiger partial charge in [-0.3, -0.25) is 24.0 Å². The molecule has 0 spiro atoms. The molecule has 0 aliphatic rings. The highest BCUT2D eigenvalue weighted by Crippen LogP contribution is 2.19. The molecular weight excluding hydrogens is 476 g/mol. The molecule has 10 N–H and O–H groups in total. The van der Waals surface area contributed by atoms with Gasteiger partial charge in [0.05, 0.1) is 13.0 Å².